The van der Waals surface area contributed by atoms with Gasteiger partial charge in [-0.3, -0.25) is 37.3 Å². The van der Waals surface area contributed by atoms with Gasteiger partial charge in [0.25, 0.3) is 0 Å². The number of unbranched alkanes of at least 4 members (excludes halogenated alkanes) is 44. The Morgan fingerprint density at radius 3 is 0.701 bits per heavy atom. The second kappa shape index (κ2) is 68.5. The zero-order chi connectivity index (χ0) is 71.6. The lowest BCUT2D eigenvalue weighted by Crippen LogP contribution is -2.30. The lowest BCUT2D eigenvalue weighted by molar-refractivity contribution is -0.161. The van der Waals surface area contributed by atoms with Crippen LogP contribution >= 0.6 is 15.6 Å². The topological polar surface area (TPSA) is 237 Å². The summed E-state index contributed by atoms with van der Waals surface area (Å²) in [7, 11) is -9.91. The first kappa shape index (κ1) is 95.1. The molecule has 5 atom stereocenters. The number of carbonyl (C=O) groups excluding carboxylic acids is 4. The molecule has 0 amide bonds. The van der Waals surface area contributed by atoms with Crippen LogP contribution in [0.25, 0.3) is 0 Å². The number of aliphatic hydroxyl groups excluding tert-OH is 1. The second-order valence-corrected chi connectivity index (χ2v) is 32.4. The van der Waals surface area contributed by atoms with Gasteiger partial charge in [-0.1, -0.05) is 350 Å². The Bertz CT molecular complexity index is 1890. The van der Waals surface area contributed by atoms with E-state index >= 15 is 0 Å². The number of esters is 4. The molecule has 2 unspecified atom stereocenters. The predicted molar refractivity (Wildman–Crippen MR) is 395 cm³/mol. The standard InChI is InChI=1S/C78H152O17P2/c1-8-9-10-11-12-13-14-21-25-32-39-47-54-61-77(82)95-74(66-89-76(81)60-53-46-41-34-37-44-51-58-71(6)7)68-93-97(86,87)91-64-72(79)63-90-96(84,85)92-67-73(65-88-75(80)59-52-45-38-31-28-27-30-36-43-50-57-70(4)5)94-78(83)62-55-48-40-33-26-23-20-18-16-15-17-19-22-24-29-35-42-49-56-69(2)3/h69-74,79H,8-68H2,1-7H3,(H,84,85)(H,86,87)/t72-,73-,74-/m1/s1. The van der Waals surface area contributed by atoms with Gasteiger partial charge >= 0.3 is 39.5 Å². The number of phosphoric acid groups is 2. The minimum Gasteiger partial charge on any atom is -0.462 e. The van der Waals surface area contributed by atoms with Crippen molar-refractivity contribution in [1.82, 2.24) is 0 Å². The van der Waals surface area contributed by atoms with Crippen molar-refractivity contribution in [3.8, 4) is 0 Å². The minimum absolute atomic E-state index is 0.107. The van der Waals surface area contributed by atoms with E-state index in [0.29, 0.717) is 31.6 Å². The number of ether oxygens (including phenoxy) is 4. The highest BCUT2D eigenvalue weighted by atomic mass is 31.2. The van der Waals surface area contributed by atoms with Crippen LogP contribution in [0.4, 0.5) is 0 Å². The van der Waals surface area contributed by atoms with E-state index in [9.17, 15) is 43.2 Å². The van der Waals surface area contributed by atoms with Gasteiger partial charge in [0.1, 0.15) is 19.3 Å². The molecule has 0 aromatic rings. The SMILES string of the molecule is CCCCCCCCCCCCCCCC(=O)O[C@H](COC(=O)CCCCCCCCCC(C)C)COP(=O)(O)OC[C@H](O)COP(=O)(O)OC[C@@H](COC(=O)CCCCCCCCCCCCC(C)C)OC(=O)CCCCCCCCCCCCCCCCCCCCC(C)C. The van der Waals surface area contributed by atoms with Gasteiger partial charge in [-0.2, -0.15) is 0 Å². The average Bonchev–Trinajstić information content (AvgIpc) is 1.33. The smallest absolute Gasteiger partial charge is 0.462 e. The summed E-state index contributed by atoms with van der Waals surface area (Å²) in [6, 6.07) is 0. The summed E-state index contributed by atoms with van der Waals surface area (Å²) in [5, 5.41) is 10.6. The molecule has 0 radical (unpaired) electrons. The zero-order valence-electron chi connectivity index (χ0n) is 63.5. The van der Waals surface area contributed by atoms with Gasteiger partial charge in [0.15, 0.2) is 12.2 Å². The molecule has 0 aliphatic heterocycles. The molecule has 0 saturated carbocycles. The molecule has 3 N–H and O–H groups in total. The largest absolute Gasteiger partial charge is 0.472 e. The molecule has 0 spiro atoms. The Labute approximate surface area is 594 Å². The van der Waals surface area contributed by atoms with Crippen LogP contribution in [0.1, 0.15) is 402 Å². The summed E-state index contributed by atoms with van der Waals surface area (Å²) >= 11 is 0. The van der Waals surface area contributed by atoms with Crippen LogP contribution < -0.4 is 0 Å². The van der Waals surface area contributed by atoms with Gasteiger partial charge < -0.3 is 33.8 Å². The highest BCUT2D eigenvalue weighted by Crippen LogP contribution is 2.45. The molecule has 576 valence electrons. The van der Waals surface area contributed by atoms with E-state index in [1.807, 2.05) is 0 Å². The van der Waals surface area contributed by atoms with Crippen LogP contribution in [0.2, 0.25) is 0 Å². The first-order valence-electron chi connectivity index (χ1n) is 40.3. The Morgan fingerprint density at radius 2 is 0.474 bits per heavy atom. The van der Waals surface area contributed by atoms with Gasteiger partial charge in [-0.25, -0.2) is 9.13 Å². The molecule has 0 heterocycles. The van der Waals surface area contributed by atoms with Crippen molar-refractivity contribution < 1.29 is 80.2 Å². The van der Waals surface area contributed by atoms with E-state index in [-0.39, 0.29) is 25.7 Å². The minimum atomic E-state index is -4.96. The Morgan fingerprint density at radius 1 is 0.278 bits per heavy atom. The van der Waals surface area contributed by atoms with Crippen LogP contribution in [-0.2, 0) is 65.4 Å². The molecule has 19 heteroatoms. The summed E-state index contributed by atoms with van der Waals surface area (Å²) in [6.45, 7) is 11.9. The highest BCUT2D eigenvalue weighted by molar-refractivity contribution is 7.47. The molecule has 0 rings (SSSR count). The van der Waals surface area contributed by atoms with Gasteiger partial charge in [-0.15, -0.1) is 0 Å². The number of phosphoric ester groups is 2. The maximum atomic E-state index is 13.1. The van der Waals surface area contributed by atoms with Crippen LogP contribution in [0, 0.1) is 17.8 Å². The maximum Gasteiger partial charge on any atom is 0.472 e. The van der Waals surface area contributed by atoms with E-state index in [1.165, 1.54) is 205 Å². The molecule has 0 aromatic carbocycles. The van der Waals surface area contributed by atoms with Gasteiger partial charge in [-0.05, 0) is 43.4 Å². The average molecular weight is 1420 g/mol. The van der Waals surface area contributed by atoms with Crippen LogP contribution in [0.5, 0.6) is 0 Å². The summed E-state index contributed by atoms with van der Waals surface area (Å²) < 4.78 is 68.6. The van der Waals surface area contributed by atoms with Crippen molar-refractivity contribution in [3.63, 3.8) is 0 Å². The van der Waals surface area contributed by atoms with Gasteiger partial charge in [0, 0.05) is 25.7 Å². The fourth-order valence-electron chi connectivity index (χ4n) is 12.0. The normalized spacial score (nSPS) is 14.0. The molecule has 0 aromatic heterocycles. The molecular formula is C78H152O17P2. The Balaban J connectivity index is 5.21. The molecule has 0 saturated heterocycles. The number of rotatable bonds is 76. The molecule has 17 nitrogen and oxygen atoms in total. The first-order valence-corrected chi connectivity index (χ1v) is 43.3. The summed E-state index contributed by atoms with van der Waals surface area (Å²) in [4.78, 5) is 72.8. The highest BCUT2D eigenvalue weighted by Gasteiger charge is 2.30. The maximum absolute atomic E-state index is 13.1. The first-order chi connectivity index (χ1) is 46.7. The van der Waals surface area contributed by atoms with E-state index < -0.39 is 97.5 Å². The predicted octanol–water partition coefficient (Wildman–Crippen LogP) is 23.0. The molecule has 0 aliphatic rings. The lowest BCUT2D eigenvalue weighted by atomic mass is 10.0. The Kier molecular flexibility index (Phi) is 67.1. The lowest BCUT2D eigenvalue weighted by Gasteiger charge is -2.21. The number of carbonyl (C=O) groups is 4. The third kappa shape index (κ3) is 72.2. The summed E-state index contributed by atoms with van der Waals surface area (Å²) in [6.07, 6.45) is 55.6. The van der Waals surface area contributed by atoms with Crippen molar-refractivity contribution in [1.29, 1.82) is 0 Å². The van der Waals surface area contributed by atoms with Crippen molar-refractivity contribution in [3.05, 3.63) is 0 Å². The number of aliphatic hydroxyl groups is 1. The van der Waals surface area contributed by atoms with Gasteiger partial charge in [0.2, 0.25) is 0 Å². The molecule has 0 bridgehead atoms. The number of hydrogen-bond donors (Lipinski definition) is 3. The summed E-state index contributed by atoms with van der Waals surface area (Å²) in [5.74, 6) is 0.168. The van der Waals surface area contributed by atoms with Crippen LogP contribution in [0.3, 0.4) is 0 Å². The molecule has 0 aliphatic carbocycles. The quantitative estimate of drug-likeness (QED) is 0.0222. The van der Waals surface area contributed by atoms with E-state index in [2.05, 4.69) is 48.5 Å². The fourth-order valence-corrected chi connectivity index (χ4v) is 13.5. The van der Waals surface area contributed by atoms with Crippen molar-refractivity contribution in [2.75, 3.05) is 39.6 Å². The van der Waals surface area contributed by atoms with Gasteiger partial charge in [0.05, 0.1) is 26.4 Å². The van der Waals surface area contributed by atoms with Crippen molar-refractivity contribution in [2.45, 2.75) is 420 Å². The molecule has 0 fully saturated rings. The monoisotopic (exact) mass is 1420 g/mol. The van der Waals surface area contributed by atoms with Crippen LogP contribution in [0.15, 0.2) is 0 Å². The third-order valence-electron chi connectivity index (χ3n) is 18.1. The van der Waals surface area contributed by atoms with E-state index in [0.717, 1.165) is 108 Å². The number of hydrogen-bond acceptors (Lipinski definition) is 15. The van der Waals surface area contributed by atoms with Crippen molar-refractivity contribution in [2.24, 2.45) is 17.8 Å². The zero-order valence-corrected chi connectivity index (χ0v) is 65.3. The van der Waals surface area contributed by atoms with E-state index in [1.54, 1.807) is 0 Å². The van der Waals surface area contributed by atoms with E-state index in [4.69, 9.17) is 37.0 Å². The Hall–Kier alpha value is -1.94. The van der Waals surface area contributed by atoms with Crippen molar-refractivity contribution >= 4 is 39.5 Å². The van der Waals surface area contributed by atoms with Crippen LogP contribution in [-0.4, -0.2) is 96.7 Å². The second-order valence-electron chi connectivity index (χ2n) is 29.5. The fraction of sp³-hybridized carbons (Fsp3) is 0.949. The summed E-state index contributed by atoms with van der Waals surface area (Å²) in [5.41, 5.74) is 0. The molecular weight excluding hydrogens is 1270 g/mol. The molecule has 97 heavy (non-hydrogen) atoms. The third-order valence-corrected chi connectivity index (χ3v) is 20.0.